The third kappa shape index (κ3) is 4.10. The lowest BCUT2D eigenvalue weighted by molar-refractivity contribution is 0.505. The minimum atomic E-state index is 1.17. The lowest BCUT2D eigenvalue weighted by Crippen LogP contribution is -2.08. The van der Waals surface area contributed by atoms with Crippen molar-refractivity contribution in [2.24, 2.45) is 0 Å². The number of fused-ring (bicyclic) bond motifs is 1. The Kier molecular flexibility index (Phi) is 5.22. The fourth-order valence-electron chi connectivity index (χ4n) is 1.53. The molecular formula is C12H23N3S. The molecule has 0 unspecified atom stereocenters. The Hall–Kier alpha value is -0.610. The Morgan fingerprint density at radius 3 is 2.06 bits per heavy atom. The van der Waals surface area contributed by atoms with Gasteiger partial charge in [-0.1, -0.05) is 0 Å². The van der Waals surface area contributed by atoms with Crippen molar-refractivity contribution in [1.29, 1.82) is 0 Å². The number of thiazole rings is 1. The maximum absolute atomic E-state index is 4.59. The molecule has 0 aliphatic heterocycles. The number of hydrogen-bond acceptors (Lipinski definition) is 4. The Morgan fingerprint density at radius 1 is 1.00 bits per heavy atom. The molecule has 0 saturated heterocycles. The molecule has 0 aromatic carbocycles. The van der Waals surface area contributed by atoms with Crippen LogP contribution in [-0.2, 0) is 12.8 Å². The van der Waals surface area contributed by atoms with Gasteiger partial charge in [0.05, 0.1) is 5.69 Å². The summed E-state index contributed by atoms with van der Waals surface area (Å²) in [6.07, 6.45) is 5.12. The normalized spacial score (nSPS) is 14.1. The van der Waals surface area contributed by atoms with Gasteiger partial charge in [-0.05, 0) is 46.8 Å². The molecule has 1 heterocycles. The van der Waals surface area contributed by atoms with E-state index in [0.29, 0.717) is 0 Å². The molecule has 1 aliphatic carbocycles. The highest BCUT2D eigenvalue weighted by Crippen LogP contribution is 2.30. The fraction of sp³-hybridized carbons (Fsp3) is 0.750. The lowest BCUT2D eigenvalue weighted by Gasteiger charge is -2.06. The fourth-order valence-corrected chi connectivity index (χ4v) is 2.60. The highest BCUT2D eigenvalue weighted by Gasteiger charge is 2.15. The first-order chi connectivity index (χ1) is 7.50. The lowest BCUT2D eigenvalue weighted by atomic mass is 10.0. The van der Waals surface area contributed by atoms with E-state index in [4.69, 9.17) is 0 Å². The molecule has 0 bridgehead atoms. The molecule has 3 nitrogen and oxygen atoms in total. The highest BCUT2D eigenvalue weighted by atomic mass is 32.1. The summed E-state index contributed by atoms with van der Waals surface area (Å²) in [7, 11) is 10.1. The minimum Gasteiger partial charge on any atom is -0.354 e. The number of anilines is 1. The summed E-state index contributed by atoms with van der Waals surface area (Å²) < 4.78 is 0. The molecule has 0 spiro atoms. The first-order valence-corrected chi connectivity index (χ1v) is 6.59. The summed E-state index contributed by atoms with van der Waals surface area (Å²) >= 11 is 1.86. The maximum atomic E-state index is 4.59. The minimum absolute atomic E-state index is 1.17. The van der Waals surface area contributed by atoms with E-state index in [-0.39, 0.29) is 0 Å². The maximum Gasteiger partial charge on any atom is 0.185 e. The smallest absolute Gasteiger partial charge is 0.185 e. The summed E-state index contributed by atoms with van der Waals surface area (Å²) in [6, 6.07) is 0. The van der Waals surface area contributed by atoms with Crippen LogP contribution in [0.2, 0.25) is 0 Å². The third-order valence-electron chi connectivity index (χ3n) is 2.22. The van der Waals surface area contributed by atoms with E-state index in [1.165, 1.54) is 41.4 Å². The van der Waals surface area contributed by atoms with Crippen molar-refractivity contribution in [2.45, 2.75) is 25.7 Å². The molecular weight excluding hydrogens is 218 g/mol. The van der Waals surface area contributed by atoms with Crippen LogP contribution in [0, 0.1) is 0 Å². The van der Waals surface area contributed by atoms with Crippen molar-refractivity contribution < 1.29 is 0 Å². The molecule has 1 aromatic rings. The molecule has 1 aromatic heterocycles. The zero-order valence-electron chi connectivity index (χ0n) is 11.1. The van der Waals surface area contributed by atoms with Crippen molar-refractivity contribution in [2.75, 3.05) is 40.1 Å². The van der Waals surface area contributed by atoms with Gasteiger partial charge in [-0.25, -0.2) is 4.98 Å². The molecule has 0 saturated carbocycles. The van der Waals surface area contributed by atoms with E-state index in [0.717, 1.165) is 0 Å². The first-order valence-electron chi connectivity index (χ1n) is 5.77. The topological polar surface area (TPSA) is 19.4 Å². The molecule has 2 rings (SSSR count). The van der Waals surface area contributed by atoms with Gasteiger partial charge in [0.2, 0.25) is 0 Å². The van der Waals surface area contributed by atoms with Crippen LogP contribution < -0.4 is 4.90 Å². The second kappa shape index (κ2) is 6.21. The summed E-state index contributed by atoms with van der Waals surface area (Å²) in [5, 5.41) is 1.17. The van der Waals surface area contributed by atoms with Crippen LogP contribution in [0.4, 0.5) is 5.13 Å². The Balaban J connectivity index is 0.000000280. The zero-order chi connectivity index (χ0) is 12.1. The van der Waals surface area contributed by atoms with Crippen LogP contribution in [-0.4, -0.2) is 45.1 Å². The van der Waals surface area contributed by atoms with Crippen molar-refractivity contribution in [3.05, 3.63) is 10.6 Å². The number of hydrogen-bond donors (Lipinski definition) is 0. The molecule has 0 atom stereocenters. The zero-order valence-corrected chi connectivity index (χ0v) is 11.9. The van der Waals surface area contributed by atoms with E-state index in [1.807, 2.05) is 37.4 Å². The largest absolute Gasteiger partial charge is 0.354 e. The summed E-state index contributed by atoms with van der Waals surface area (Å²) in [5.74, 6) is 0. The molecule has 0 fully saturated rings. The standard InChI is InChI=1S/C9H14N2S.C3H9N/c1-11(2)9-10-7-5-3-4-6-8(7)12-9;1-4(2)3/h3-6H2,1-2H3;1-3H3. The van der Waals surface area contributed by atoms with Crippen LogP contribution >= 0.6 is 11.3 Å². The van der Waals surface area contributed by atoms with Crippen LogP contribution in [0.25, 0.3) is 0 Å². The average Bonchev–Trinajstić information content (AvgIpc) is 2.59. The molecule has 16 heavy (non-hydrogen) atoms. The average molecular weight is 241 g/mol. The van der Waals surface area contributed by atoms with Crippen molar-refractivity contribution >= 4 is 16.5 Å². The third-order valence-corrected chi connectivity index (χ3v) is 3.54. The van der Waals surface area contributed by atoms with Crippen LogP contribution in [0.5, 0.6) is 0 Å². The molecule has 0 radical (unpaired) electrons. The molecule has 1 aliphatic rings. The van der Waals surface area contributed by atoms with Gasteiger partial charge in [0.1, 0.15) is 0 Å². The molecule has 0 amide bonds. The van der Waals surface area contributed by atoms with Gasteiger partial charge >= 0.3 is 0 Å². The van der Waals surface area contributed by atoms with Crippen LogP contribution in [0.15, 0.2) is 0 Å². The second-order valence-electron chi connectivity index (χ2n) is 4.81. The number of aromatic nitrogens is 1. The first kappa shape index (κ1) is 13.5. The molecule has 4 heteroatoms. The van der Waals surface area contributed by atoms with Crippen LogP contribution in [0.1, 0.15) is 23.4 Å². The van der Waals surface area contributed by atoms with E-state index < -0.39 is 0 Å². The summed E-state index contributed by atoms with van der Waals surface area (Å²) in [5.41, 5.74) is 1.36. The summed E-state index contributed by atoms with van der Waals surface area (Å²) in [6.45, 7) is 0. The van der Waals surface area contributed by atoms with Crippen molar-refractivity contribution in [3.63, 3.8) is 0 Å². The van der Waals surface area contributed by atoms with E-state index >= 15 is 0 Å². The number of rotatable bonds is 1. The Morgan fingerprint density at radius 2 is 1.56 bits per heavy atom. The predicted molar refractivity (Wildman–Crippen MR) is 72.7 cm³/mol. The quantitative estimate of drug-likeness (QED) is 0.752. The SMILES string of the molecule is CN(C)C.CN(C)c1nc2c(s1)CCCC2. The van der Waals surface area contributed by atoms with E-state index in [1.54, 1.807) is 0 Å². The van der Waals surface area contributed by atoms with E-state index in [2.05, 4.69) is 24.0 Å². The predicted octanol–water partition coefficient (Wildman–Crippen LogP) is 2.27. The van der Waals surface area contributed by atoms with Gasteiger partial charge in [0.25, 0.3) is 0 Å². The van der Waals surface area contributed by atoms with Gasteiger partial charge in [-0.15, -0.1) is 11.3 Å². The van der Waals surface area contributed by atoms with Crippen LogP contribution in [0.3, 0.4) is 0 Å². The molecule has 0 N–H and O–H groups in total. The number of aryl methyl sites for hydroxylation is 2. The van der Waals surface area contributed by atoms with Gasteiger partial charge in [-0.3, -0.25) is 0 Å². The Bertz CT molecular complexity index is 292. The van der Waals surface area contributed by atoms with Gasteiger partial charge in [0, 0.05) is 19.0 Å². The highest BCUT2D eigenvalue weighted by molar-refractivity contribution is 7.15. The Labute approximate surface area is 103 Å². The van der Waals surface area contributed by atoms with Crippen molar-refractivity contribution in [3.8, 4) is 0 Å². The second-order valence-corrected chi connectivity index (χ2v) is 5.87. The molecule has 92 valence electrons. The van der Waals surface area contributed by atoms with Gasteiger partial charge in [-0.2, -0.15) is 0 Å². The summed E-state index contributed by atoms with van der Waals surface area (Å²) in [4.78, 5) is 10.2. The van der Waals surface area contributed by atoms with E-state index in [9.17, 15) is 0 Å². The van der Waals surface area contributed by atoms with Gasteiger partial charge in [0.15, 0.2) is 5.13 Å². The van der Waals surface area contributed by atoms with Gasteiger partial charge < -0.3 is 9.80 Å². The number of nitrogens with zero attached hydrogens (tertiary/aromatic N) is 3. The monoisotopic (exact) mass is 241 g/mol. The van der Waals surface area contributed by atoms with Crippen molar-refractivity contribution in [1.82, 2.24) is 9.88 Å².